The molecule has 1 aromatic rings. The highest BCUT2D eigenvalue weighted by molar-refractivity contribution is 6.31. The maximum atomic E-state index is 12.2. The lowest BCUT2D eigenvalue weighted by molar-refractivity contribution is -0.167. The maximum Gasteiger partial charge on any atom is 0.306 e. The molecule has 0 radical (unpaired) electrons. The van der Waals surface area contributed by atoms with Gasteiger partial charge in [0.15, 0.2) is 11.9 Å². The fourth-order valence-corrected chi connectivity index (χ4v) is 7.06. The molecule has 2 rings (SSSR count). The van der Waals surface area contributed by atoms with Crippen molar-refractivity contribution in [1.82, 2.24) is 5.32 Å². The van der Waals surface area contributed by atoms with Gasteiger partial charge < -0.3 is 24.6 Å². The number of carbonyl (C=O) groups is 5. The van der Waals surface area contributed by atoms with Gasteiger partial charge >= 0.3 is 23.9 Å². The third kappa shape index (κ3) is 23.6. The average molecular weight is 795 g/mol. The summed E-state index contributed by atoms with van der Waals surface area (Å²) in [5.74, 6) is -2.35. The largest absolute Gasteiger partial charge is 0.481 e. The second-order valence-corrected chi connectivity index (χ2v) is 15.2. The first-order valence-electron chi connectivity index (χ1n) is 21.3. The van der Waals surface area contributed by atoms with E-state index in [1.807, 2.05) is 31.3 Å². The molecule has 1 fully saturated rings. The van der Waals surface area contributed by atoms with Crippen molar-refractivity contribution in [3.8, 4) is 0 Å². The highest BCUT2D eigenvalue weighted by atomic mass is 35.5. The Balaban J connectivity index is 0.000000773. The van der Waals surface area contributed by atoms with Crippen LogP contribution in [0.15, 0.2) is 24.3 Å². The topological polar surface area (TPSA) is 145 Å². The lowest BCUT2D eigenvalue weighted by atomic mass is 9.75. The number of carboxylic acid groups (broad SMARTS) is 1. The number of benzene rings is 1. The maximum absolute atomic E-state index is 12.2. The molecular weight excluding hydrogens is 722 g/mol. The van der Waals surface area contributed by atoms with Crippen molar-refractivity contribution in [2.75, 3.05) is 20.3 Å². The Bertz CT molecular complexity index is 1190. The number of carboxylic acids is 1. The molecule has 0 aromatic heterocycles. The van der Waals surface area contributed by atoms with Gasteiger partial charge in [-0.3, -0.25) is 24.0 Å². The van der Waals surface area contributed by atoms with E-state index in [0.717, 1.165) is 63.4 Å². The molecule has 10 nitrogen and oxygen atoms in total. The van der Waals surface area contributed by atoms with Gasteiger partial charge in [-0.25, -0.2) is 0 Å². The van der Waals surface area contributed by atoms with Crippen LogP contribution in [0.25, 0.3) is 0 Å². The Kier molecular flexibility index (Phi) is 29.2. The Labute approximate surface area is 336 Å². The van der Waals surface area contributed by atoms with Crippen molar-refractivity contribution in [2.24, 2.45) is 0 Å². The first-order valence-corrected chi connectivity index (χ1v) is 21.7. The molecule has 1 aliphatic rings. The first-order chi connectivity index (χ1) is 26.6. The Morgan fingerprint density at radius 3 is 1.60 bits per heavy atom. The number of ketones is 1. The normalized spacial score (nSPS) is 15.3. The molecule has 1 saturated carbocycles. The first kappa shape index (κ1) is 50.0. The van der Waals surface area contributed by atoms with Crippen molar-refractivity contribution < 1.29 is 43.3 Å². The van der Waals surface area contributed by atoms with Crippen LogP contribution >= 0.6 is 11.6 Å². The number of esters is 3. The van der Waals surface area contributed by atoms with Crippen LogP contribution in [-0.4, -0.2) is 61.1 Å². The van der Waals surface area contributed by atoms with Gasteiger partial charge in [-0.05, 0) is 44.4 Å². The summed E-state index contributed by atoms with van der Waals surface area (Å²) in [6, 6.07) is 7.62. The number of nitrogens with one attached hydrogen (secondary N) is 1. The zero-order chi connectivity index (χ0) is 40.6. The van der Waals surface area contributed by atoms with Crippen molar-refractivity contribution in [3.05, 3.63) is 34.9 Å². The number of hydrogen-bond donors (Lipinski definition) is 2. The van der Waals surface area contributed by atoms with Crippen LogP contribution in [0.1, 0.15) is 186 Å². The van der Waals surface area contributed by atoms with Crippen LogP contribution in [0.2, 0.25) is 5.02 Å². The number of halogens is 1. The molecule has 2 N–H and O–H groups in total. The molecule has 0 bridgehead atoms. The molecule has 1 aliphatic carbocycles. The van der Waals surface area contributed by atoms with E-state index < -0.39 is 23.6 Å². The van der Waals surface area contributed by atoms with Crippen LogP contribution in [-0.2, 0) is 43.7 Å². The smallest absolute Gasteiger partial charge is 0.306 e. The molecule has 0 amide bonds. The van der Waals surface area contributed by atoms with Gasteiger partial charge in [0.1, 0.15) is 18.8 Å². The molecule has 1 aromatic carbocycles. The third-order valence-electron chi connectivity index (χ3n) is 10.1. The van der Waals surface area contributed by atoms with Crippen molar-refractivity contribution in [2.45, 2.75) is 192 Å². The summed E-state index contributed by atoms with van der Waals surface area (Å²) in [5, 5.41) is 12.6. The second kappa shape index (κ2) is 32.1. The summed E-state index contributed by atoms with van der Waals surface area (Å²) in [7, 11) is 1.84. The van der Waals surface area contributed by atoms with Gasteiger partial charge in [-0.15, -0.1) is 0 Å². The van der Waals surface area contributed by atoms with E-state index in [9.17, 15) is 24.0 Å². The molecular formula is C44H72ClNO9. The zero-order valence-corrected chi connectivity index (χ0v) is 35.0. The van der Waals surface area contributed by atoms with Gasteiger partial charge in [-0.2, -0.15) is 0 Å². The Morgan fingerprint density at radius 1 is 0.691 bits per heavy atom. The average Bonchev–Trinajstić information content (AvgIpc) is 3.17. The number of carbonyl (C=O) groups excluding carboxylic acids is 4. The molecule has 0 saturated heterocycles. The number of hydrogen-bond acceptors (Lipinski definition) is 9. The van der Waals surface area contributed by atoms with E-state index in [1.165, 1.54) is 77.0 Å². The van der Waals surface area contributed by atoms with Crippen LogP contribution in [0.4, 0.5) is 0 Å². The van der Waals surface area contributed by atoms with Crippen LogP contribution < -0.4 is 5.32 Å². The molecule has 0 spiro atoms. The van der Waals surface area contributed by atoms with Gasteiger partial charge in [-0.1, -0.05) is 153 Å². The standard InChI is InChI=1S/C31H56O8.C13H16ClNO/c1-3-5-7-9-11-13-15-17-19-21-29(34)37-25-27(39-31(36)24-23-28(32)33)26-38-30(35)22-20-18-16-14-12-10-8-6-4-2;1-15-13(9-5-4-8-12(13)16)10-6-2-3-7-11(10)14/h27H,3-26H2,1-2H3,(H,32,33);2-3,6-7,15H,4-5,8-9H2,1H3. The van der Waals surface area contributed by atoms with E-state index in [0.29, 0.717) is 11.4 Å². The number of aliphatic carboxylic acids is 1. The summed E-state index contributed by atoms with van der Waals surface area (Å²) in [5.41, 5.74) is 0.361. The highest BCUT2D eigenvalue weighted by Crippen LogP contribution is 2.37. The predicted molar refractivity (Wildman–Crippen MR) is 218 cm³/mol. The molecule has 11 heteroatoms. The van der Waals surface area contributed by atoms with E-state index >= 15 is 0 Å². The van der Waals surface area contributed by atoms with Crippen LogP contribution in [0.3, 0.4) is 0 Å². The monoisotopic (exact) mass is 793 g/mol. The lowest BCUT2D eigenvalue weighted by Crippen LogP contribution is -2.49. The molecule has 1 unspecified atom stereocenters. The van der Waals surface area contributed by atoms with E-state index in [2.05, 4.69) is 19.2 Å². The number of rotatable bonds is 30. The predicted octanol–water partition coefficient (Wildman–Crippen LogP) is 10.6. The Hall–Kier alpha value is -2.98. The van der Waals surface area contributed by atoms with Crippen molar-refractivity contribution in [3.63, 3.8) is 0 Å². The highest BCUT2D eigenvalue weighted by Gasteiger charge is 2.41. The number of Topliss-reactive ketones (excluding diaryl/α,β-unsaturated/α-hetero) is 1. The Morgan fingerprint density at radius 2 is 1.16 bits per heavy atom. The molecule has 55 heavy (non-hydrogen) atoms. The summed E-state index contributed by atoms with van der Waals surface area (Å²) >= 11 is 6.20. The van der Waals surface area contributed by atoms with Gasteiger partial charge in [0.25, 0.3) is 0 Å². The van der Waals surface area contributed by atoms with E-state index in [4.69, 9.17) is 30.9 Å². The number of ether oxygens (including phenoxy) is 3. The second-order valence-electron chi connectivity index (χ2n) is 14.8. The summed E-state index contributed by atoms with van der Waals surface area (Å²) in [4.78, 5) is 59.2. The van der Waals surface area contributed by atoms with Gasteiger partial charge in [0.05, 0.1) is 12.8 Å². The summed E-state index contributed by atoms with van der Waals surface area (Å²) in [6.45, 7) is 3.97. The van der Waals surface area contributed by atoms with Crippen LogP contribution in [0.5, 0.6) is 0 Å². The third-order valence-corrected chi connectivity index (χ3v) is 10.4. The zero-order valence-electron chi connectivity index (χ0n) is 34.3. The molecule has 1 atom stereocenters. The van der Waals surface area contributed by atoms with Gasteiger partial charge in [0.2, 0.25) is 0 Å². The fourth-order valence-electron chi connectivity index (χ4n) is 6.77. The molecule has 0 heterocycles. The fraction of sp³-hybridized carbons (Fsp3) is 0.750. The quantitative estimate of drug-likeness (QED) is 0.0438. The molecule has 0 aliphatic heterocycles. The minimum absolute atomic E-state index is 0.222. The number of likely N-dealkylation sites (N-methyl/N-ethyl adjacent to an activating group) is 1. The van der Waals surface area contributed by atoms with Crippen molar-refractivity contribution in [1.29, 1.82) is 0 Å². The van der Waals surface area contributed by atoms with E-state index in [-0.39, 0.29) is 56.6 Å². The number of unbranched alkanes of at least 4 members (excludes halogenated alkanes) is 16. The van der Waals surface area contributed by atoms with Crippen molar-refractivity contribution >= 4 is 41.3 Å². The minimum atomic E-state index is -1.11. The molecule has 314 valence electrons. The lowest BCUT2D eigenvalue weighted by Gasteiger charge is -2.36. The summed E-state index contributed by atoms with van der Waals surface area (Å²) in [6.07, 6.45) is 23.1. The minimum Gasteiger partial charge on any atom is -0.481 e. The van der Waals surface area contributed by atoms with E-state index in [1.54, 1.807) is 0 Å². The SMILES string of the molecule is CCCCCCCCCCCC(=O)OCC(COC(=O)CCCCCCCCCCC)OC(=O)CCC(=O)O.CNC1(c2ccccc2Cl)CCCCC1=O. The van der Waals surface area contributed by atoms with Gasteiger partial charge in [0, 0.05) is 24.3 Å². The summed E-state index contributed by atoms with van der Waals surface area (Å²) < 4.78 is 15.8. The van der Waals surface area contributed by atoms with Crippen LogP contribution in [0, 0.1) is 0 Å².